The van der Waals surface area contributed by atoms with Gasteiger partial charge in [-0.05, 0) is 53.1 Å². The monoisotopic (exact) mass is 436 g/mol. The maximum Gasteiger partial charge on any atom is 0.253 e. The molecule has 1 N–H and O–H groups in total. The quantitative estimate of drug-likeness (QED) is 0.620. The van der Waals surface area contributed by atoms with Crippen LogP contribution in [0.1, 0.15) is 34.3 Å². The summed E-state index contributed by atoms with van der Waals surface area (Å²) in [5.41, 5.74) is 5.42. The van der Waals surface area contributed by atoms with Gasteiger partial charge in [0.15, 0.2) is 0 Å². The third kappa shape index (κ3) is 3.59. The van der Waals surface area contributed by atoms with Gasteiger partial charge in [-0.3, -0.25) is 9.59 Å². The van der Waals surface area contributed by atoms with E-state index < -0.39 is 0 Å². The molecule has 33 heavy (non-hydrogen) atoms. The highest BCUT2D eigenvalue weighted by Gasteiger charge is 2.38. The lowest BCUT2D eigenvalue weighted by Gasteiger charge is -2.42. The summed E-state index contributed by atoms with van der Waals surface area (Å²) in [6, 6.07) is 22.1. The van der Waals surface area contributed by atoms with Crippen molar-refractivity contribution in [3.05, 3.63) is 89.5 Å². The second-order valence-corrected chi connectivity index (χ2v) is 9.01. The Morgan fingerprint density at radius 2 is 1.76 bits per heavy atom. The summed E-state index contributed by atoms with van der Waals surface area (Å²) in [5.74, 6) is 0.888. The van der Waals surface area contributed by atoms with E-state index in [2.05, 4.69) is 47.8 Å². The molecule has 0 aliphatic carbocycles. The number of fused-ring (bicyclic) bond motifs is 2. The number of ether oxygens (including phenoxy) is 1. The standard InChI is InChI=1S/C28H24N2O3/c31-26-18-23-17-22(6-8-24(23)29-26)27(32)30-14-12-28(13-15-30)11-10-21-16-20(7-9-25(21)33-28)19-4-2-1-3-5-19/h1-11,16-17H,12-15,18H2,(H,29,31). The van der Waals surface area contributed by atoms with Gasteiger partial charge in [-0.15, -0.1) is 0 Å². The highest BCUT2D eigenvalue weighted by molar-refractivity contribution is 6.01. The predicted octanol–water partition coefficient (Wildman–Crippen LogP) is 4.93. The van der Waals surface area contributed by atoms with Gasteiger partial charge in [0, 0.05) is 42.7 Å². The van der Waals surface area contributed by atoms with Crippen molar-refractivity contribution in [3.63, 3.8) is 0 Å². The molecule has 0 bridgehead atoms. The van der Waals surface area contributed by atoms with Gasteiger partial charge < -0.3 is 15.0 Å². The van der Waals surface area contributed by atoms with E-state index in [1.165, 1.54) is 11.1 Å². The molecule has 0 aromatic heterocycles. The number of anilines is 1. The summed E-state index contributed by atoms with van der Waals surface area (Å²) in [6.07, 6.45) is 6.16. The minimum atomic E-state index is -0.369. The van der Waals surface area contributed by atoms with Crippen LogP contribution in [-0.2, 0) is 11.2 Å². The molecule has 5 nitrogen and oxygen atoms in total. The molecule has 164 valence electrons. The molecule has 0 unspecified atom stereocenters. The Labute approximate surface area is 192 Å². The zero-order valence-electron chi connectivity index (χ0n) is 18.2. The summed E-state index contributed by atoms with van der Waals surface area (Å²) in [4.78, 5) is 26.6. The predicted molar refractivity (Wildman–Crippen MR) is 128 cm³/mol. The molecule has 3 aliphatic heterocycles. The van der Waals surface area contributed by atoms with Gasteiger partial charge in [-0.25, -0.2) is 0 Å². The Morgan fingerprint density at radius 1 is 0.939 bits per heavy atom. The van der Waals surface area contributed by atoms with Crippen LogP contribution in [0.4, 0.5) is 5.69 Å². The minimum Gasteiger partial charge on any atom is -0.482 e. The van der Waals surface area contributed by atoms with Crippen LogP contribution in [0.2, 0.25) is 0 Å². The summed E-state index contributed by atoms with van der Waals surface area (Å²) in [6.45, 7) is 1.27. The molecule has 3 aliphatic rings. The molecule has 1 saturated heterocycles. The Balaban J connectivity index is 1.15. The average molecular weight is 437 g/mol. The lowest BCUT2D eigenvalue weighted by Crippen LogP contribution is -2.49. The fraction of sp³-hybridized carbons (Fsp3) is 0.214. The lowest BCUT2D eigenvalue weighted by atomic mass is 9.87. The van der Waals surface area contributed by atoms with Gasteiger partial charge >= 0.3 is 0 Å². The summed E-state index contributed by atoms with van der Waals surface area (Å²) in [5, 5.41) is 2.81. The van der Waals surface area contributed by atoms with Gasteiger partial charge in [-0.1, -0.05) is 42.5 Å². The first-order valence-corrected chi connectivity index (χ1v) is 11.4. The highest BCUT2D eigenvalue weighted by atomic mass is 16.5. The van der Waals surface area contributed by atoms with Crippen LogP contribution in [-0.4, -0.2) is 35.4 Å². The molecule has 6 rings (SSSR count). The number of nitrogens with one attached hydrogen (secondary N) is 1. The smallest absolute Gasteiger partial charge is 0.253 e. The van der Waals surface area contributed by atoms with E-state index >= 15 is 0 Å². The number of benzene rings is 3. The molecule has 1 fully saturated rings. The molecular formula is C28H24N2O3. The van der Waals surface area contributed by atoms with Crippen LogP contribution in [0.25, 0.3) is 17.2 Å². The van der Waals surface area contributed by atoms with Crippen molar-refractivity contribution >= 4 is 23.6 Å². The largest absolute Gasteiger partial charge is 0.482 e. The molecular weight excluding hydrogens is 412 g/mol. The summed E-state index contributed by atoms with van der Waals surface area (Å²) in [7, 11) is 0. The van der Waals surface area contributed by atoms with E-state index in [0.717, 1.165) is 35.4 Å². The molecule has 5 heteroatoms. The van der Waals surface area contributed by atoms with Crippen molar-refractivity contribution in [2.75, 3.05) is 18.4 Å². The van der Waals surface area contributed by atoms with Crippen molar-refractivity contribution in [1.82, 2.24) is 4.90 Å². The zero-order valence-corrected chi connectivity index (χ0v) is 18.2. The number of nitrogens with zero attached hydrogens (tertiary/aromatic N) is 1. The zero-order chi connectivity index (χ0) is 22.4. The van der Waals surface area contributed by atoms with Crippen molar-refractivity contribution in [1.29, 1.82) is 0 Å². The number of amides is 2. The maximum absolute atomic E-state index is 13.1. The number of carbonyl (C=O) groups is 2. The fourth-order valence-electron chi connectivity index (χ4n) is 4.98. The number of rotatable bonds is 2. The van der Waals surface area contributed by atoms with Crippen LogP contribution in [0.15, 0.2) is 72.8 Å². The van der Waals surface area contributed by atoms with Gasteiger partial charge in [0.25, 0.3) is 5.91 Å². The van der Waals surface area contributed by atoms with E-state index in [9.17, 15) is 9.59 Å². The van der Waals surface area contributed by atoms with Crippen molar-refractivity contribution < 1.29 is 14.3 Å². The fourth-order valence-corrected chi connectivity index (χ4v) is 4.98. The first-order valence-electron chi connectivity index (χ1n) is 11.4. The number of hydrogen-bond donors (Lipinski definition) is 1. The van der Waals surface area contributed by atoms with Crippen LogP contribution in [0, 0.1) is 0 Å². The highest BCUT2D eigenvalue weighted by Crippen LogP contribution is 2.39. The van der Waals surface area contributed by atoms with Crippen LogP contribution >= 0.6 is 0 Å². The van der Waals surface area contributed by atoms with Crippen LogP contribution in [0.3, 0.4) is 0 Å². The molecule has 1 spiro atoms. The third-order valence-corrected chi connectivity index (χ3v) is 6.87. The molecule has 3 aromatic rings. The van der Waals surface area contributed by atoms with E-state index in [1.807, 2.05) is 35.2 Å². The van der Waals surface area contributed by atoms with Crippen molar-refractivity contribution in [2.45, 2.75) is 24.9 Å². The van der Waals surface area contributed by atoms with Crippen LogP contribution in [0.5, 0.6) is 5.75 Å². The van der Waals surface area contributed by atoms with Gasteiger partial charge in [-0.2, -0.15) is 0 Å². The summed E-state index contributed by atoms with van der Waals surface area (Å²) >= 11 is 0. The molecule has 0 radical (unpaired) electrons. The van der Waals surface area contributed by atoms with E-state index in [4.69, 9.17) is 4.74 Å². The molecule has 0 atom stereocenters. The average Bonchev–Trinajstić information content (AvgIpc) is 3.23. The Hall–Kier alpha value is -3.86. The second-order valence-electron chi connectivity index (χ2n) is 9.01. The van der Waals surface area contributed by atoms with E-state index in [0.29, 0.717) is 25.1 Å². The van der Waals surface area contributed by atoms with Crippen LogP contribution < -0.4 is 10.1 Å². The first-order chi connectivity index (χ1) is 16.1. The number of carbonyl (C=O) groups excluding carboxylic acids is 2. The second kappa shape index (κ2) is 7.62. The SMILES string of the molecule is O=C1Cc2cc(C(=O)N3CCC4(C=Cc5cc(-c6ccccc6)ccc5O4)CC3)ccc2N1. The Bertz CT molecular complexity index is 1290. The van der Waals surface area contributed by atoms with E-state index in [-0.39, 0.29) is 17.4 Å². The number of hydrogen-bond acceptors (Lipinski definition) is 3. The topological polar surface area (TPSA) is 58.6 Å². The Kier molecular flexibility index (Phi) is 4.57. The Morgan fingerprint density at radius 3 is 2.58 bits per heavy atom. The number of likely N-dealkylation sites (tertiary alicyclic amines) is 1. The van der Waals surface area contributed by atoms with Crippen molar-refractivity contribution in [2.24, 2.45) is 0 Å². The summed E-state index contributed by atoms with van der Waals surface area (Å²) < 4.78 is 6.49. The molecule has 3 heterocycles. The molecule has 3 aromatic carbocycles. The lowest BCUT2D eigenvalue weighted by molar-refractivity contribution is -0.115. The normalized spacial score (nSPS) is 17.8. The minimum absolute atomic E-state index is 0.0136. The van der Waals surface area contributed by atoms with Gasteiger partial charge in [0.05, 0.1) is 6.42 Å². The maximum atomic E-state index is 13.1. The van der Waals surface area contributed by atoms with Crippen molar-refractivity contribution in [3.8, 4) is 16.9 Å². The van der Waals surface area contributed by atoms with Gasteiger partial charge in [0.1, 0.15) is 11.4 Å². The molecule has 2 amide bonds. The first kappa shape index (κ1) is 19.8. The van der Waals surface area contributed by atoms with E-state index in [1.54, 1.807) is 6.07 Å². The van der Waals surface area contributed by atoms with Gasteiger partial charge in [0.2, 0.25) is 5.91 Å². The molecule has 0 saturated carbocycles. The number of piperidine rings is 1. The third-order valence-electron chi connectivity index (χ3n) is 6.87.